The molecule has 0 radical (unpaired) electrons. The van der Waals surface area contributed by atoms with Crippen molar-refractivity contribution in [2.45, 2.75) is 46.5 Å². The van der Waals surface area contributed by atoms with Crippen LogP contribution in [0.1, 0.15) is 55.6 Å². The number of hydrogen-bond acceptors (Lipinski definition) is 1. The van der Waals surface area contributed by atoms with E-state index in [4.69, 9.17) is 0 Å². The average molecular weight is 204 g/mol. The van der Waals surface area contributed by atoms with Gasteiger partial charge in [0.15, 0.2) is 5.78 Å². The molecule has 1 heteroatoms. The maximum atomic E-state index is 11.6. The van der Waals surface area contributed by atoms with Crippen molar-refractivity contribution in [3.05, 3.63) is 34.9 Å². The summed E-state index contributed by atoms with van der Waals surface area (Å²) in [5.41, 5.74) is 3.39. The molecule has 0 saturated heterocycles. The first kappa shape index (κ1) is 12.0. The summed E-state index contributed by atoms with van der Waals surface area (Å²) >= 11 is 0. The van der Waals surface area contributed by atoms with Gasteiger partial charge in [0.2, 0.25) is 0 Å². The molecular formula is C14H20O. The van der Waals surface area contributed by atoms with Crippen molar-refractivity contribution < 1.29 is 4.79 Å². The van der Waals surface area contributed by atoms with E-state index in [0.717, 1.165) is 11.1 Å². The van der Waals surface area contributed by atoms with Gasteiger partial charge in [-0.15, -0.1) is 0 Å². The normalized spacial score (nSPS) is 11.5. The molecule has 0 bridgehead atoms. The quantitative estimate of drug-likeness (QED) is 0.668. The van der Waals surface area contributed by atoms with E-state index in [0.29, 0.717) is 6.42 Å². The van der Waals surface area contributed by atoms with Crippen LogP contribution in [-0.2, 0) is 5.41 Å². The van der Waals surface area contributed by atoms with E-state index in [1.165, 1.54) is 5.56 Å². The zero-order chi connectivity index (χ0) is 11.6. The summed E-state index contributed by atoms with van der Waals surface area (Å²) < 4.78 is 0. The Kier molecular flexibility index (Phi) is 3.33. The molecule has 0 aliphatic heterocycles. The second kappa shape index (κ2) is 4.18. The lowest BCUT2D eigenvalue weighted by Gasteiger charge is -2.20. The molecule has 1 aromatic rings. The Bertz CT molecular complexity index is 369. The van der Waals surface area contributed by atoms with Gasteiger partial charge >= 0.3 is 0 Å². The minimum absolute atomic E-state index is 0.151. The van der Waals surface area contributed by atoms with Crippen molar-refractivity contribution in [1.82, 2.24) is 0 Å². The zero-order valence-corrected chi connectivity index (χ0v) is 10.3. The summed E-state index contributed by atoms with van der Waals surface area (Å²) in [4.78, 5) is 11.6. The van der Waals surface area contributed by atoms with Gasteiger partial charge in [-0.05, 0) is 23.5 Å². The third-order valence-corrected chi connectivity index (χ3v) is 2.71. The second-order valence-corrected chi connectivity index (χ2v) is 5.06. The highest BCUT2D eigenvalue weighted by Gasteiger charge is 2.15. The second-order valence-electron chi connectivity index (χ2n) is 5.06. The number of Topliss-reactive ketones (excluding diaryl/α,β-unsaturated/α-hetero) is 1. The predicted molar refractivity (Wildman–Crippen MR) is 64.5 cm³/mol. The SMILES string of the molecule is CCC(=O)c1ccc(C(C)(C)C)cc1C. The van der Waals surface area contributed by atoms with Crippen LogP contribution in [0.4, 0.5) is 0 Å². The number of benzene rings is 1. The van der Waals surface area contributed by atoms with Crippen molar-refractivity contribution in [3.63, 3.8) is 0 Å². The average Bonchev–Trinajstić information content (AvgIpc) is 2.15. The highest BCUT2D eigenvalue weighted by Crippen LogP contribution is 2.24. The fraction of sp³-hybridized carbons (Fsp3) is 0.500. The van der Waals surface area contributed by atoms with Crippen LogP contribution in [0.15, 0.2) is 18.2 Å². The molecule has 0 unspecified atom stereocenters. The highest BCUT2D eigenvalue weighted by molar-refractivity contribution is 5.97. The molecule has 0 spiro atoms. The third-order valence-electron chi connectivity index (χ3n) is 2.71. The summed E-state index contributed by atoms with van der Waals surface area (Å²) in [5, 5.41) is 0. The van der Waals surface area contributed by atoms with E-state index in [1.807, 2.05) is 19.9 Å². The molecule has 82 valence electrons. The van der Waals surface area contributed by atoms with Crippen LogP contribution >= 0.6 is 0 Å². The molecule has 0 N–H and O–H groups in total. The predicted octanol–water partition coefficient (Wildman–Crippen LogP) is 3.89. The van der Waals surface area contributed by atoms with Crippen LogP contribution in [0.5, 0.6) is 0 Å². The fourth-order valence-corrected chi connectivity index (χ4v) is 1.63. The minimum Gasteiger partial charge on any atom is -0.294 e. The van der Waals surface area contributed by atoms with E-state index >= 15 is 0 Å². The third kappa shape index (κ3) is 2.68. The Morgan fingerprint density at radius 2 is 1.87 bits per heavy atom. The van der Waals surface area contributed by atoms with Gasteiger partial charge in [-0.3, -0.25) is 4.79 Å². The molecule has 0 aromatic heterocycles. The lowest BCUT2D eigenvalue weighted by molar-refractivity contribution is 0.0987. The molecule has 15 heavy (non-hydrogen) atoms. The van der Waals surface area contributed by atoms with Gasteiger partial charge in [0.25, 0.3) is 0 Å². The standard InChI is InChI=1S/C14H20O/c1-6-13(15)12-8-7-11(9-10(12)2)14(3,4)5/h7-9H,6H2,1-5H3. The first-order valence-corrected chi connectivity index (χ1v) is 5.50. The maximum Gasteiger partial charge on any atom is 0.162 e. The topological polar surface area (TPSA) is 17.1 Å². The van der Waals surface area contributed by atoms with Gasteiger partial charge in [-0.1, -0.05) is 45.9 Å². The molecule has 1 aromatic carbocycles. The van der Waals surface area contributed by atoms with Crippen LogP contribution in [0.25, 0.3) is 0 Å². The van der Waals surface area contributed by atoms with Crippen LogP contribution in [0.3, 0.4) is 0 Å². The molecule has 1 nitrogen and oxygen atoms in total. The smallest absolute Gasteiger partial charge is 0.162 e. The summed E-state index contributed by atoms with van der Waals surface area (Å²) in [5.74, 6) is 0.230. The molecule has 0 fully saturated rings. The highest BCUT2D eigenvalue weighted by atomic mass is 16.1. The molecule has 0 heterocycles. The number of aryl methyl sites for hydroxylation is 1. The van der Waals surface area contributed by atoms with Gasteiger partial charge in [0.05, 0.1) is 0 Å². The number of rotatable bonds is 2. The van der Waals surface area contributed by atoms with Gasteiger partial charge in [0, 0.05) is 12.0 Å². The van der Waals surface area contributed by atoms with Gasteiger partial charge in [0.1, 0.15) is 0 Å². The summed E-state index contributed by atoms with van der Waals surface area (Å²) in [7, 11) is 0. The van der Waals surface area contributed by atoms with Crippen molar-refractivity contribution in [1.29, 1.82) is 0 Å². The zero-order valence-electron chi connectivity index (χ0n) is 10.3. The lowest BCUT2D eigenvalue weighted by Crippen LogP contribution is -2.12. The van der Waals surface area contributed by atoms with Crippen molar-refractivity contribution in [2.24, 2.45) is 0 Å². The Morgan fingerprint density at radius 3 is 2.27 bits per heavy atom. The maximum absolute atomic E-state index is 11.6. The fourth-order valence-electron chi connectivity index (χ4n) is 1.63. The molecule has 0 atom stereocenters. The number of carbonyl (C=O) groups is 1. The van der Waals surface area contributed by atoms with E-state index in [-0.39, 0.29) is 11.2 Å². The van der Waals surface area contributed by atoms with Crippen LogP contribution in [0.2, 0.25) is 0 Å². The molecule has 0 saturated carbocycles. The molecule has 1 rings (SSSR count). The van der Waals surface area contributed by atoms with Crippen LogP contribution in [0, 0.1) is 6.92 Å². The summed E-state index contributed by atoms with van der Waals surface area (Å²) in [6, 6.07) is 6.15. The first-order chi connectivity index (χ1) is 6.86. The lowest BCUT2D eigenvalue weighted by atomic mass is 9.85. The van der Waals surface area contributed by atoms with Crippen LogP contribution in [-0.4, -0.2) is 5.78 Å². The Morgan fingerprint density at radius 1 is 1.27 bits per heavy atom. The van der Waals surface area contributed by atoms with E-state index < -0.39 is 0 Å². The molecule has 0 aliphatic rings. The van der Waals surface area contributed by atoms with Crippen molar-refractivity contribution >= 4 is 5.78 Å². The first-order valence-electron chi connectivity index (χ1n) is 5.50. The van der Waals surface area contributed by atoms with Crippen molar-refractivity contribution in [2.75, 3.05) is 0 Å². The summed E-state index contributed by atoms with van der Waals surface area (Å²) in [6.07, 6.45) is 0.579. The van der Waals surface area contributed by atoms with Crippen molar-refractivity contribution in [3.8, 4) is 0 Å². The Labute approximate surface area is 92.5 Å². The molecule has 0 amide bonds. The summed E-state index contributed by atoms with van der Waals surface area (Å²) in [6.45, 7) is 10.5. The van der Waals surface area contributed by atoms with Gasteiger partial charge in [-0.25, -0.2) is 0 Å². The number of carbonyl (C=O) groups excluding carboxylic acids is 1. The van der Waals surface area contributed by atoms with E-state index in [2.05, 4.69) is 32.9 Å². The monoisotopic (exact) mass is 204 g/mol. The van der Waals surface area contributed by atoms with E-state index in [9.17, 15) is 4.79 Å². The van der Waals surface area contributed by atoms with Crippen LogP contribution < -0.4 is 0 Å². The van der Waals surface area contributed by atoms with Gasteiger partial charge in [-0.2, -0.15) is 0 Å². The number of ketones is 1. The Balaban J connectivity index is 3.15. The van der Waals surface area contributed by atoms with Gasteiger partial charge < -0.3 is 0 Å². The van der Waals surface area contributed by atoms with E-state index in [1.54, 1.807) is 0 Å². The minimum atomic E-state index is 0.151. The number of hydrogen-bond donors (Lipinski definition) is 0. The molecular weight excluding hydrogens is 184 g/mol. The largest absolute Gasteiger partial charge is 0.294 e. The molecule has 0 aliphatic carbocycles. The Hall–Kier alpha value is -1.11.